The summed E-state index contributed by atoms with van der Waals surface area (Å²) >= 11 is 1.30. The minimum atomic E-state index is -0.483. The highest BCUT2D eigenvalue weighted by molar-refractivity contribution is 7.15. The lowest BCUT2D eigenvalue weighted by Gasteiger charge is -2.07. The lowest BCUT2D eigenvalue weighted by molar-refractivity contribution is -0.111. The van der Waals surface area contributed by atoms with Crippen LogP contribution >= 0.6 is 11.3 Å². The average molecular weight is 464 g/mol. The number of anilines is 1. The number of esters is 1. The van der Waals surface area contributed by atoms with Gasteiger partial charge in [0.1, 0.15) is 16.3 Å². The number of nitrogens with one attached hydrogen (secondary N) is 1. The predicted molar refractivity (Wildman–Crippen MR) is 135 cm³/mol. The van der Waals surface area contributed by atoms with Crippen LogP contribution in [-0.2, 0) is 16.0 Å². The molecule has 1 aromatic heterocycles. The molecule has 0 aliphatic heterocycles. The molecule has 3 aromatic rings. The standard InChI is InChI=1S/C27H29NO4S/c1-4-6-17-32-22-14-9-20(10-15-22)11-16-24(29)28-26-25(27(30)31-3)23(18-33-26)21-12-7-19(5-2)8-13-21/h7-16,18H,4-6,17H2,1-3H3,(H,28,29)/b16-11+. The Kier molecular flexibility index (Phi) is 8.84. The average Bonchev–Trinajstić information content (AvgIpc) is 3.26. The van der Waals surface area contributed by atoms with Crippen molar-refractivity contribution >= 4 is 34.3 Å². The van der Waals surface area contributed by atoms with Crippen molar-refractivity contribution in [3.05, 3.63) is 76.7 Å². The fourth-order valence-corrected chi connectivity index (χ4v) is 4.18. The van der Waals surface area contributed by atoms with Crippen LogP contribution in [0.25, 0.3) is 17.2 Å². The molecule has 0 saturated heterocycles. The Hall–Kier alpha value is -3.38. The Morgan fingerprint density at radius 1 is 1.03 bits per heavy atom. The van der Waals surface area contributed by atoms with Crippen LogP contribution in [0.3, 0.4) is 0 Å². The molecule has 0 saturated carbocycles. The summed E-state index contributed by atoms with van der Waals surface area (Å²) in [6.07, 6.45) is 6.22. The molecule has 5 nitrogen and oxygen atoms in total. The fourth-order valence-electron chi connectivity index (χ4n) is 3.22. The van der Waals surface area contributed by atoms with E-state index in [1.54, 1.807) is 6.08 Å². The number of rotatable bonds is 10. The third-order valence-electron chi connectivity index (χ3n) is 5.16. The van der Waals surface area contributed by atoms with Crippen molar-refractivity contribution in [2.45, 2.75) is 33.1 Å². The molecule has 0 atom stereocenters. The summed E-state index contributed by atoms with van der Waals surface area (Å²) in [4.78, 5) is 25.1. The number of unbranched alkanes of at least 4 members (excludes halogenated alkanes) is 1. The maximum Gasteiger partial charge on any atom is 0.341 e. The SMILES string of the molecule is CCCCOc1ccc(/C=C/C(=O)Nc2scc(-c3ccc(CC)cc3)c2C(=O)OC)cc1. The van der Waals surface area contributed by atoms with Gasteiger partial charge in [-0.05, 0) is 47.7 Å². The van der Waals surface area contributed by atoms with Gasteiger partial charge in [-0.3, -0.25) is 4.79 Å². The summed E-state index contributed by atoms with van der Waals surface area (Å²) in [6.45, 7) is 4.91. The first kappa shape index (κ1) is 24.3. The molecule has 0 spiro atoms. The summed E-state index contributed by atoms with van der Waals surface area (Å²) in [5, 5.41) is 5.15. The summed E-state index contributed by atoms with van der Waals surface area (Å²) in [7, 11) is 1.34. The van der Waals surface area contributed by atoms with Crippen LogP contribution in [0.2, 0.25) is 0 Å². The number of methoxy groups -OCH3 is 1. The van der Waals surface area contributed by atoms with Gasteiger partial charge in [-0.2, -0.15) is 0 Å². The molecule has 2 aromatic carbocycles. The Morgan fingerprint density at radius 3 is 2.39 bits per heavy atom. The highest BCUT2D eigenvalue weighted by Crippen LogP contribution is 2.36. The molecule has 33 heavy (non-hydrogen) atoms. The lowest BCUT2D eigenvalue weighted by Crippen LogP contribution is -2.11. The van der Waals surface area contributed by atoms with Crippen LogP contribution in [0.4, 0.5) is 5.00 Å². The number of thiophene rings is 1. The number of amides is 1. The zero-order valence-corrected chi connectivity index (χ0v) is 20.0. The number of aryl methyl sites for hydroxylation is 1. The molecule has 0 bridgehead atoms. The highest BCUT2D eigenvalue weighted by Gasteiger charge is 2.21. The van der Waals surface area contributed by atoms with Crippen molar-refractivity contribution in [3.63, 3.8) is 0 Å². The number of carbonyl (C=O) groups is 2. The predicted octanol–water partition coefficient (Wildman–Crippen LogP) is 6.59. The smallest absolute Gasteiger partial charge is 0.341 e. The first-order valence-electron chi connectivity index (χ1n) is 11.1. The second kappa shape index (κ2) is 12.0. The van der Waals surface area contributed by atoms with Crippen molar-refractivity contribution in [1.29, 1.82) is 0 Å². The van der Waals surface area contributed by atoms with E-state index in [9.17, 15) is 9.59 Å². The zero-order valence-electron chi connectivity index (χ0n) is 19.2. The molecule has 0 aliphatic carbocycles. The van der Waals surface area contributed by atoms with E-state index in [1.165, 1.54) is 30.1 Å². The second-order valence-electron chi connectivity index (χ2n) is 7.49. The molecule has 172 valence electrons. The Balaban J connectivity index is 1.72. The van der Waals surface area contributed by atoms with Gasteiger partial charge in [0.15, 0.2) is 0 Å². The summed E-state index contributed by atoms with van der Waals surface area (Å²) < 4.78 is 10.6. The van der Waals surface area contributed by atoms with E-state index in [2.05, 4.69) is 19.2 Å². The van der Waals surface area contributed by atoms with E-state index in [0.29, 0.717) is 17.2 Å². The molecular formula is C27H29NO4S. The zero-order chi connectivity index (χ0) is 23.6. The third-order valence-corrected chi connectivity index (χ3v) is 6.06. The molecular weight excluding hydrogens is 434 g/mol. The van der Waals surface area contributed by atoms with Crippen LogP contribution in [0.1, 0.15) is 48.2 Å². The van der Waals surface area contributed by atoms with Gasteiger partial charge >= 0.3 is 5.97 Å². The quantitative estimate of drug-likeness (QED) is 0.209. The van der Waals surface area contributed by atoms with Gasteiger partial charge in [0.25, 0.3) is 0 Å². The fraction of sp³-hybridized carbons (Fsp3) is 0.259. The van der Waals surface area contributed by atoms with Gasteiger partial charge in [-0.25, -0.2) is 4.79 Å². The van der Waals surface area contributed by atoms with E-state index in [1.807, 2.05) is 53.9 Å². The Bertz CT molecular complexity index is 1100. The molecule has 0 aliphatic rings. The van der Waals surface area contributed by atoms with Gasteiger partial charge in [-0.1, -0.05) is 56.7 Å². The maximum atomic E-state index is 12.6. The molecule has 1 heterocycles. The number of benzene rings is 2. The monoisotopic (exact) mass is 463 g/mol. The molecule has 3 rings (SSSR count). The van der Waals surface area contributed by atoms with Gasteiger partial charge in [0.2, 0.25) is 5.91 Å². The topological polar surface area (TPSA) is 64.6 Å². The van der Waals surface area contributed by atoms with Gasteiger partial charge in [-0.15, -0.1) is 11.3 Å². The van der Waals surface area contributed by atoms with E-state index in [4.69, 9.17) is 9.47 Å². The first-order valence-corrected chi connectivity index (χ1v) is 11.9. The number of hydrogen-bond acceptors (Lipinski definition) is 5. The maximum absolute atomic E-state index is 12.6. The van der Waals surface area contributed by atoms with Crippen molar-refractivity contribution < 1.29 is 19.1 Å². The van der Waals surface area contributed by atoms with Crippen LogP contribution in [-0.4, -0.2) is 25.6 Å². The highest BCUT2D eigenvalue weighted by atomic mass is 32.1. The van der Waals surface area contributed by atoms with Crippen molar-refractivity contribution in [3.8, 4) is 16.9 Å². The molecule has 6 heteroatoms. The number of ether oxygens (including phenoxy) is 2. The van der Waals surface area contributed by atoms with Gasteiger partial charge < -0.3 is 14.8 Å². The molecule has 1 amide bonds. The van der Waals surface area contributed by atoms with Crippen LogP contribution < -0.4 is 10.1 Å². The van der Waals surface area contributed by atoms with Gasteiger partial charge in [0.05, 0.1) is 13.7 Å². The lowest BCUT2D eigenvalue weighted by atomic mass is 10.0. The largest absolute Gasteiger partial charge is 0.494 e. The van der Waals surface area contributed by atoms with Crippen LogP contribution in [0, 0.1) is 0 Å². The van der Waals surface area contributed by atoms with E-state index >= 15 is 0 Å². The third kappa shape index (κ3) is 6.56. The van der Waals surface area contributed by atoms with E-state index in [-0.39, 0.29) is 5.91 Å². The van der Waals surface area contributed by atoms with Crippen molar-refractivity contribution in [2.75, 3.05) is 19.0 Å². The summed E-state index contributed by atoms with van der Waals surface area (Å²) in [5.74, 6) is 0.00720. The molecule has 0 radical (unpaired) electrons. The van der Waals surface area contributed by atoms with E-state index < -0.39 is 5.97 Å². The van der Waals surface area contributed by atoms with Crippen LogP contribution in [0.15, 0.2) is 60.0 Å². The minimum Gasteiger partial charge on any atom is -0.494 e. The Labute approximate surface area is 199 Å². The van der Waals surface area contributed by atoms with Crippen LogP contribution in [0.5, 0.6) is 5.75 Å². The minimum absolute atomic E-state index is 0.321. The summed E-state index contributed by atoms with van der Waals surface area (Å²) in [5.41, 5.74) is 4.10. The Morgan fingerprint density at radius 2 is 1.76 bits per heavy atom. The second-order valence-corrected chi connectivity index (χ2v) is 8.37. The first-order chi connectivity index (χ1) is 16.0. The number of hydrogen-bond donors (Lipinski definition) is 1. The van der Waals surface area contributed by atoms with Gasteiger partial charge in [0, 0.05) is 17.0 Å². The summed E-state index contributed by atoms with van der Waals surface area (Å²) in [6, 6.07) is 15.6. The van der Waals surface area contributed by atoms with Crippen molar-refractivity contribution in [2.24, 2.45) is 0 Å². The van der Waals surface area contributed by atoms with Crippen molar-refractivity contribution in [1.82, 2.24) is 0 Å². The normalized spacial score (nSPS) is 10.9. The molecule has 0 fully saturated rings. The molecule has 1 N–H and O–H groups in total. The molecule has 0 unspecified atom stereocenters. The van der Waals surface area contributed by atoms with E-state index in [0.717, 1.165) is 41.7 Å². The number of carbonyl (C=O) groups excluding carboxylic acids is 2.